The van der Waals surface area contributed by atoms with Crippen molar-refractivity contribution in [3.63, 3.8) is 0 Å². The van der Waals surface area contributed by atoms with Crippen molar-refractivity contribution in [2.24, 2.45) is 11.7 Å². The van der Waals surface area contributed by atoms with Gasteiger partial charge in [-0.15, -0.1) is 0 Å². The average molecular weight is 291 g/mol. The molecule has 2 amide bonds. The van der Waals surface area contributed by atoms with Crippen LogP contribution < -0.4 is 5.73 Å². The van der Waals surface area contributed by atoms with Crippen LogP contribution in [0.15, 0.2) is 12.4 Å². The molecule has 1 aromatic heterocycles. The SMILES string of the molecule is CN1CC(CN2CC(n3cc(C(N)=O)cn3)C2)CCC1=O. The van der Waals surface area contributed by atoms with Gasteiger partial charge in [0.1, 0.15) is 0 Å². The number of amides is 2. The molecule has 3 heterocycles. The van der Waals surface area contributed by atoms with Gasteiger partial charge >= 0.3 is 0 Å². The molecule has 0 spiro atoms. The quantitative estimate of drug-likeness (QED) is 0.826. The molecule has 114 valence electrons. The van der Waals surface area contributed by atoms with Crippen LogP contribution in [0.5, 0.6) is 0 Å². The van der Waals surface area contributed by atoms with Gasteiger partial charge in [-0.1, -0.05) is 0 Å². The van der Waals surface area contributed by atoms with Gasteiger partial charge in [-0.2, -0.15) is 5.10 Å². The highest BCUT2D eigenvalue weighted by molar-refractivity contribution is 5.92. The van der Waals surface area contributed by atoms with E-state index in [0.717, 1.165) is 32.6 Å². The Morgan fingerprint density at radius 2 is 2.19 bits per heavy atom. The number of aromatic nitrogens is 2. The lowest BCUT2D eigenvalue weighted by Crippen LogP contribution is -2.51. The summed E-state index contributed by atoms with van der Waals surface area (Å²) in [6, 6.07) is 0.320. The maximum Gasteiger partial charge on any atom is 0.251 e. The first-order chi connectivity index (χ1) is 10.0. The molecule has 0 aliphatic carbocycles. The summed E-state index contributed by atoms with van der Waals surface area (Å²) in [4.78, 5) is 26.7. The van der Waals surface area contributed by atoms with E-state index in [2.05, 4.69) is 10.00 Å². The average Bonchev–Trinajstić information content (AvgIpc) is 2.87. The minimum atomic E-state index is -0.438. The van der Waals surface area contributed by atoms with Crippen molar-refractivity contribution >= 4 is 11.8 Å². The monoisotopic (exact) mass is 291 g/mol. The first kappa shape index (κ1) is 14.1. The molecule has 1 atom stereocenters. The van der Waals surface area contributed by atoms with Crippen molar-refractivity contribution in [2.45, 2.75) is 18.9 Å². The van der Waals surface area contributed by atoms with E-state index in [9.17, 15) is 9.59 Å². The van der Waals surface area contributed by atoms with Crippen molar-refractivity contribution < 1.29 is 9.59 Å². The second-order valence-electron chi connectivity index (χ2n) is 6.12. The highest BCUT2D eigenvalue weighted by Crippen LogP contribution is 2.25. The fourth-order valence-corrected chi connectivity index (χ4v) is 3.14. The Hall–Kier alpha value is -1.89. The Kier molecular flexibility index (Phi) is 3.67. The van der Waals surface area contributed by atoms with Gasteiger partial charge < -0.3 is 10.6 Å². The van der Waals surface area contributed by atoms with E-state index in [0.29, 0.717) is 23.9 Å². The molecular formula is C14H21N5O2. The second-order valence-corrected chi connectivity index (χ2v) is 6.12. The summed E-state index contributed by atoms with van der Waals surface area (Å²) in [5.74, 6) is 0.378. The lowest BCUT2D eigenvalue weighted by atomic mass is 9.95. The van der Waals surface area contributed by atoms with Crippen LogP contribution in [0.3, 0.4) is 0 Å². The molecule has 7 heteroatoms. The molecular weight excluding hydrogens is 270 g/mol. The molecule has 2 fully saturated rings. The minimum Gasteiger partial charge on any atom is -0.366 e. The number of primary amides is 1. The highest BCUT2D eigenvalue weighted by atomic mass is 16.2. The lowest BCUT2D eigenvalue weighted by molar-refractivity contribution is -0.133. The maximum absolute atomic E-state index is 11.5. The fourth-order valence-electron chi connectivity index (χ4n) is 3.14. The summed E-state index contributed by atoms with van der Waals surface area (Å²) in [5.41, 5.74) is 5.69. The fraction of sp³-hybridized carbons (Fsp3) is 0.643. The number of nitrogens with zero attached hydrogens (tertiary/aromatic N) is 4. The van der Waals surface area contributed by atoms with Gasteiger partial charge in [-0.3, -0.25) is 19.2 Å². The summed E-state index contributed by atoms with van der Waals surface area (Å²) in [5, 5.41) is 4.20. The van der Waals surface area contributed by atoms with E-state index in [1.807, 2.05) is 16.6 Å². The Morgan fingerprint density at radius 1 is 1.43 bits per heavy atom. The van der Waals surface area contributed by atoms with Gasteiger partial charge in [-0.05, 0) is 12.3 Å². The van der Waals surface area contributed by atoms with Gasteiger partial charge in [0.15, 0.2) is 0 Å². The molecule has 0 bridgehead atoms. The molecule has 1 unspecified atom stereocenters. The van der Waals surface area contributed by atoms with Crippen molar-refractivity contribution in [2.75, 3.05) is 33.2 Å². The molecule has 21 heavy (non-hydrogen) atoms. The topological polar surface area (TPSA) is 84.5 Å². The predicted molar refractivity (Wildman–Crippen MR) is 76.6 cm³/mol. The molecule has 0 radical (unpaired) electrons. The molecule has 0 aromatic carbocycles. The summed E-state index contributed by atoms with van der Waals surface area (Å²) in [6.07, 6.45) is 4.89. The molecule has 1 aromatic rings. The zero-order valence-electron chi connectivity index (χ0n) is 12.2. The molecule has 2 saturated heterocycles. The normalized spacial score (nSPS) is 24.1. The molecule has 2 aliphatic heterocycles. The summed E-state index contributed by atoms with van der Waals surface area (Å²) in [7, 11) is 1.88. The largest absolute Gasteiger partial charge is 0.366 e. The van der Waals surface area contributed by atoms with Crippen LogP contribution in [0, 0.1) is 5.92 Å². The lowest BCUT2D eigenvalue weighted by Gasteiger charge is -2.42. The smallest absolute Gasteiger partial charge is 0.251 e. The number of hydrogen-bond donors (Lipinski definition) is 1. The number of piperidine rings is 1. The third-order valence-electron chi connectivity index (χ3n) is 4.44. The highest BCUT2D eigenvalue weighted by Gasteiger charge is 2.32. The van der Waals surface area contributed by atoms with Crippen molar-refractivity contribution in [3.8, 4) is 0 Å². The Bertz CT molecular complexity index is 549. The van der Waals surface area contributed by atoms with Crippen LogP contribution in [-0.4, -0.2) is 64.6 Å². The molecule has 2 aliphatic rings. The number of rotatable bonds is 4. The van der Waals surface area contributed by atoms with E-state index in [4.69, 9.17) is 5.73 Å². The van der Waals surface area contributed by atoms with Crippen LogP contribution in [0.25, 0.3) is 0 Å². The van der Waals surface area contributed by atoms with Gasteiger partial charge in [-0.25, -0.2) is 0 Å². The molecule has 7 nitrogen and oxygen atoms in total. The van der Waals surface area contributed by atoms with Crippen LogP contribution >= 0.6 is 0 Å². The van der Waals surface area contributed by atoms with Crippen LogP contribution in [0.1, 0.15) is 29.2 Å². The molecule has 0 saturated carbocycles. The van der Waals surface area contributed by atoms with Gasteiger partial charge in [0, 0.05) is 45.8 Å². The Balaban J connectivity index is 1.47. The Morgan fingerprint density at radius 3 is 2.81 bits per heavy atom. The van der Waals surface area contributed by atoms with Gasteiger partial charge in [0.05, 0.1) is 17.8 Å². The van der Waals surface area contributed by atoms with Crippen LogP contribution in [0.2, 0.25) is 0 Å². The van der Waals surface area contributed by atoms with E-state index in [1.54, 1.807) is 6.20 Å². The first-order valence-electron chi connectivity index (χ1n) is 7.33. The van der Waals surface area contributed by atoms with E-state index in [1.165, 1.54) is 6.20 Å². The number of nitrogens with two attached hydrogens (primary N) is 1. The van der Waals surface area contributed by atoms with Gasteiger partial charge in [0.2, 0.25) is 5.91 Å². The van der Waals surface area contributed by atoms with E-state index in [-0.39, 0.29) is 5.91 Å². The standard InChI is InChI=1S/C14H21N5O2/c1-17-5-10(2-3-13(17)20)6-18-8-12(9-18)19-7-11(4-16-19)14(15)21/h4,7,10,12H,2-3,5-6,8-9H2,1H3,(H2,15,21). The number of hydrogen-bond acceptors (Lipinski definition) is 4. The summed E-state index contributed by atoms with van der Waals surface area (Å²) >= 11 is 0. The van der Waals surface area contributed by atoms with Crippen molar-refractivity contribution in [1.29, 1.82) is 0 Å². The Labute approximate surface area is 123 Å². The van der Waals surface area contributed by atoms with Crippen LogP contribution in [0.4, 0.5) is 0 Å². The van der Waals surface area contributed by atoms with Crippen molar-refractivity contribution in [1.82, 2.24) is 19.6 Å². The zero-order valence-corrected chi connectivity index (χ0v) is 12.2. The number of likely N-dealkylation sites (tertiary alicyclic amines) is 2. The minimum absolute atomic E-state index is 0.253. The second kappa shape index (κ2) is 5.48. The maximum atomic E-state index is 11.5. The predicted octanol–water partition coefficient (Wildman–Crippen LogP) is -0.293. The third-order valence-corrected chi connectivity index (χ3v) is 4.44. The molecule has 2 N–H and O–H groups in total. The van der Waals surface area contributed by atoms with Crippen molar-refractivity contribution in [3.05, 3.63) is 18.0 Å². The first-order valence-corrected chi connectivity index (χ1v) is 7.33. The summed E-state index contributed by atoms with van der Waals surface area (Å²) < 4.78 is 1.83. The third kappa shape index (κ3) is 2.92. The zero-order chi connectivity index (χ0) is 15.0. The van der Waals surface area contributed by atoms with Gasteiger partial charge in [0.25, 0.3) is 5.91 Å². The van der Waals surface area contributed by atoms with E-state index < -0.39 is 5.91 Å². The summed E-state index contributed by atoms with van der Waals surface area (Å²) in [6.45, 7) is 3.76. The number of carbonyl (C=O) groups is 2. The number of carbonyl (C=O) groups excluding carboxylic acids is 2. The van der Waals surface area contributed by atoms with E-state index >= 15 is 0 Å². The molecule has 3 rings (SSSR count). The van der Waals surface area contributed by atoms with Crippen LogP contribution in [-0.2, 0) is 4.79 Å².